The van der Waals surface area contributed by atoms with E-state index < -0.39 is 7.12 Å². The maximum atomic E-state index is 11.9. The molecule has 3 N–H and O–H groups in total. The fourth-order valence-electron chi connectivity index (χ4n) is 1.95. The van der Waals surface area contributed by atoms with Crippen molar-refractivity contribution in [1.82, 2.24) is 5.32 Å². The summed E-state index contributed by atoms with van der Waals surface area (Å²) in [5.41, 5.74) is 2.91. The van der Waals surface area contributed by atoms with E-state index in [1.807, 2.05) is 25.1 Å². The number of hydrogen-bond donors (Lipinski definition) is 3. The minimum atomic E-state index is -1.47. The Balaban J connectivity index is 2.03. The smallest absolute Gasteiger partial charge is 0.423 e. The van der Waals surface area contributed by atoms with E-state index in [0.29, 0.717) is 17.6 Å². The first kappa shape index (κ1) is 14.3. The van der Waals surface area contributed by atoms with Crippen molar-refractivity contribution in [2.24, 2.45) is 0 Å². The van der Waals surface area contributed by atoms with Crippen LogP contribution < -0.4 is 10.8 Å². The summed E-state index contributed by atoms with van der Waals surface area (Å²) < 4.78 is 0. The van der Waals surface area contributed by atoms with E-state index >= 15 is 0 Å². The van der Waals surface area contributed by atoms with Gasteiger partial charge >= 0.3 is 7.12 Å². The molecule has 0 bridgehead atoms. The molecule has 0 spiro atoms. The van der Waals surface area contributed by atoms with Crippen LogP contribution in [0.3, 0.4) is 0 Å². The van der Waals surface area contributed by atoms with Crippen molar-refractivity contribution in [3.05, 3.63) is 65.2 Å². The van der Waals surface area contributed by atoms with E-state index in [2.05, 4.69) is 5.32 Å². The van der Waals surface area contributed by atoms with Gasteiger partial charge in [0, 0.05) is 12.1 Å². The third-order valence-electron chi connectivity index (χ3n) is 3.14. The van der Waals surface area contributed by atoms with E-state index in [-0.39, 0.29) is 5.91 Å². The van der Waals surface area contributed by atoms with Crippen LogP contribution in [-0.2, 0) is 6.54 Å². The van der Waals surface area contributed by atoms with Gasteiger partial charge < -0.3 is 15.4 Å². The molecule has 2 aromatic carbocycles. The molecule has 0 fully saturated rings. The molecule has 4 nitrogen and oxygen atoms in total. The number of amides is 1. The normalized spacial score (nSPS) is 10.2. The standard InChI is InChI=1S/C15H16BNO3/c1-11-9-14(16(19)20)8-7-13(11)10-17-15(18)12-5-3-2-4-6-12/h2-9,19-20H,10H2,1H3,(H,17,18). The highest BCUT2D eigenvalue weighted by molar-refractivity contribution is 6.58. The number of hydrogen-bond acceptors (Lipinski definition) is 3. The fourth-order valence-corrected chi connectivity index (χ4v) is 1.95. The zero-order valence-corrected chi connectivity index (χ0v) is 11.2. The van der Waals surface area contributed by atoms with Crippen molar-refractivity contribution in [2.45, 2.75) is 13.5 Å². The van der Waals surface area contributed by atoms with Crippen LogP contribution in [0.5, 0.6) is 0 Å². The Bertz CT molecular complexity index is 599. The minimum absolute atomic E-state index is 0.128. The van der Waals surface area contributed by atoms with Gasteiger partial charge in [-0.05, 0) is 35.6 Å². The van der Waals surface area contributed by atoms with Crippen molar-refractivity contribution in [1.29, 1.82) is 0 Å². The van der Waals surface area contributed by atoms with Crippen LogP contribution in [0.15, 0.2) is 48.5 Å². The van der Waals surface area contributed by atoms with Crippen LogP contribution >= 0.6 is 0 Å². The summed E-state index contributed by atoms with van der Waals surface area (Å²) in [7, 11) is -1.47. The lowest BCUT2D eigenvalue weighted by Gasteiger charge is -2.10. The highest BCUT2D eigenvalue weighted by Crippen LogP contribution is 2.06. The number of aryl methyl sites for hydroxylation is 1. The molecule has 2 aromatic rings. The SMILES string of the molecule is Cc1cc(B(O)O)ccc1CNC(=O)c1ccccc1. The average Bonchev–Trinajstić information content (AvgIpc) is 2.46. The van der Waals surface area contributed by atoms with Crippen LogP contribution in [0.4, 0.5) is 0 Å². The molecule has 0 aliphatic heterocycles. The Morgan fingerprint density at radius 3 is 2.45 bits per heavy atom. The van der Waals surface area contributed by atoms with Gasteiger partial charge in [-0.2, -0.15) is 0 Å². The van der Waals surface area contributed by atoms with Gasteiger partial charge in [0.1, 0.15) is 0 Å². The maximum absolute atomic E-state index is 11.9. The number of nitrogens with one attached hydrogen (secondary N) is 1. The zero-order valence-electron chi connectivity index (χ0n) is 11.2. The molecule has 0 aromatic heterocycles. The second-order valence-electron chi connectivity index (χ2n) is 4.61. The minimum Gasteiger partial charge on any atom is -0.423 e. The van der Waals surface area contributed by atoms with Gasteiger partial charge in [-0.25, -0.2) is 0 Å². The molecule has 5 heteroatoms. The molecule has 1 amide bonds. The molecule has 0 aliphatic carbocycles. The summed E-state index contributed by atoms with van der Waals surface area (Å²) in [6, 6.07) is 14.1. The zero-order chi connectivity index (χ0) is 14.5. The summed E-state index contributed by atoms with van der Waals surface area (Å²) in [6.07, 6.45) is 0. The summed E-state index contributed by atoms with van der Waals surface area (Å²) in [4.78, 5) is 11.9. The van der Waals surface area contributed by atoms with E-state index in [1.165, 1.54) is 0 Å². The molecule has 0 aliphatic rings. The van der Waals surface area contributed by atoms with Crippen LogP contribution in [0.1, 0.15) is 21.5 Å². The van der Waals surface area contributed by atoms with E-state index in [0.717, 1.165) is 11.1 Å². The second-order valence-corrected chi connectivity index (χ2v) is 4.61. The number of carbonyl (C=O) groups is 1. The highest BCUT2D eigenvalue weighted by atomic mass is 16.4. The van der Waals surface area contributed by atoms with E-state index in [1.54, 1.807) is 30.3 Å². The van der Waals surface area contributed by atoms with Crippen molar-refractivity contribution in [2.75, 3.05) is 0 Å². The molecule has 0 radical (unpaired) electrons. The number of rotatable bonds is 4. The summed E-state index contributed by atoms with van der Waals surface area (Å²) in [5.74, 6) is -0.128. The predicted octanol–water partition coefficient (Wildman–Crippen LogP) is 0.605. The van der Waals surface area contributed by atoms with Gasteiger partial charge in [0.15, 0.2) is 0 Å². The van der Waals surface area contributed by atoms with Crippen LogP contribution in [-0.4, -0.2) is 23.1 Å². The molecule has 0 unspecified atom stereocenters. The maximum Gasteiger partial charge on any atom is 0.488 e. The van der Waals surface area contributed by atoms with Gasteiger partial charge in [0.25, 0.3) is 5.91 Å². The van der Waals surface area contributed by atoms with E-state index in [4.69, 9.17) is 10.0 Å². The fraction of sp³-hybridized carbons (Fsp3) is 0.133. The van der Waals surface area contributed by atoms with Gasteiger partial charge in [0.05, 0.1) is 0 Å². The molecule has 0 saturated heterocycles. The molecule has 0 heterocycles. The molecular weight excluding hydrogens is 253 g/mol. The number of benzene rings is 2. The van der Waals surface area contributed by atoms with E-state index in [9.17, 15) is 4.79 Å². The molecule has 2 rings (SSSR count). The molecule has 0 atom stereocenters. The van der Waals surface area contributed by atoms with Gasteiger partial charge in [0.2, 0.25) is 0 Å². The molecule has 102 valence electrons. The Morgan fingerprint density at radius 2 is 1.85 bits per heavy atom. The first-order chi connectivity index (χ1) is 9.58. The third-order valence-corrected chi connectivity index (χ3v) is 3.14. The highest BCUT2D eigenvalue weighted by Gasteiger charge is 2.12. The Labute approximate surface area is 118 Å². The first-order valence-corrected chi connectivity index (χ1v) is 6.37. The monoisotopic (exact) mass is 269 g/mol. The summed E-state index contributed by atoms with van der Waals surface area (Å²) in [5, 5.41) is 21.0. The van der Waals surface area contributed by atoms with Crippen molar-refractivity contribution in [3.8, 4) is 0 Å². The van der Waals surface area contributed by atoms with Crippen LogP contribution in [0.2, 0.25) is 0 Å². The summed E-state index contributed by atoms with van der Waals surface area (Å²) in [6.45, 7) is 2.28. The second kappa shape index (κ2) is 6.37. The largest absolute Gasteiger partial charge is 0.488 e. The molecule has 0 saturated carbocycles. The number of carbonyl (C=O) groups excluding carboxylic acids is 1. The Morgan fingerprint density at radius 1 is 1.15 bits per heavy atom. The van der Waals surface area contributed by atoms with Crippen molar-refractivity contribution in [3.63, 3.8) is 0 Å². The molecular formula is C15H16BNO3. The van der Waals surface area contributed by atoms with Gasteiger partial charge in [-0.3, -0.25) is 4.79 Å². The van der Waals surface area contributed by atoms with Gasteiger partial charge in [-0.15, -0.1) is 0 Å². The topological polar surface area (TPSA) is 69.6 Å². The lowest BCUT2D eigenvalue weighted by molar-refractivity contribution is 0.0951. The summed E-state index contributed by atoms with van der Waals surface area (Å²) >= 11 is 0. The Kier molecular flexibility index (Phi) is 4.55. The lowest BCUT2D eigenvalue weighted by atomic mass is 9.79. The van der Waals surface area contributed by atoms with Crippen LogP contribution in [0, 0.1) is 6.92 Å². The van der Waals surface area contributed by atoms with Crippen LogP contribution in [0.25, 0.3) is 0 Å². The Hall–Kier alpha value is -2.11. The quantitative estimate of drug-likeness (QED) is 0.712. The third kappa shape index (κ3) is 3.47. The predicted molar refractivity (Wildman–Crippen MR) is 78.6 cm³/mol. The van der Waals surface area contributed by atoms with Crippen molar-refractivity contribution >= 4 is 18.5 Å². The first-order valence-electron chi connectivity index (χ1n) is 6.37. The van der Waals surface area contributed by atoms with Crippen molar-refractivity contribution < 1.29 is 14.8 Å². The molecule has 20 heavy (non-hydrogen) atoms. The average molecular weight is 269 g/mol. The lowest BCUT2D eigenvalue weighted by Crippen LogP contribution is -2.30. The van der Waals surface area contributed by atoms with Gasteiger partial charge in [-0.1, -0.05) is 36.4 Å².